The molecule has 18 heavy (non-hydrogen) atoms. The molecule has 1 N–H and O–H groups in total. The van der Waals surface area contributed by atoms with E-state index in [9.17, 15) is 0 Å². The summed E-state index contributed by atoms with van der Waals surface area (Å²) in [6, 6.07) is 13.6. The van der Waals surface area contributed by atoms with E-state index in [1.165, 1.54) is 0 Å². The van der Waals surface area contributed by atoms with Crippen molar-refractivity contribution >= 4 is 15.9 Å². The van der Waals surface area contributed by atoms with Gasteiger partial charge in [-0.3, -0.25) is 0 Å². The maximum atomic E-state index is 8.69. The number of ether oxygens (including phenoxy) is 1. The third kappa shape index (κ3) is 2.80. The van der Waals surface area contributed by atoms with Crippen LogP contribution in [0.2, 0.25) is 0 Å². The second kappa shape index (κ2) is 5.54. The highest BCUT2D eigenvalue weighted by atomic mass is 79.9. The lowest BCUT2D eigenvalue weighted by Crippen LogP contribution is -1.88. The summed E-state index contributed by atoms with van der Waals surface area (Å²) in [6.45, 7) is 0. The second-order valence-corrected chi connectivity index (χ2v) is 4.28. The van der Waals surface area contributed by atoms with Crippen molar-refractivity contribution in [1.82, 2.24) is 0 Å². The smallest absolute Gasteiger partial charge is 0.168 e. The summed E-state index contributed by atoms with van der Waals surface area (Å²) < 4.78 is 6.33. The number of hydrogen-bond acceptors (Lipinski definition) is 4. The Balaban J connectivity index is 2.25. The standard InChI is InChI=1S/C13H8BrNO3/c14-12-6-5-11(18-16)7-13(12)17-10-3-1-9(8-15)2-4-10/h1-7,16H. The van der Waals surface area contributed by atoms with Gasteiger partial charge in [-0.15, -0.1) is 0 Å². The summed E-state index contributed by atoms with van der Waals surface area (Å²) >= 11 is 3.33. The molecule has 5 heteroatoms. The van der Waals surface area contributed by atoms with Crippen LogP contribution in [0.25, 0.3) is 0 Å². The molecule has 2 aromatic rings. The Morgan fingerprint density at radius 3 is 2.33 bits per heavy atom. The summed E-state index contributed by atoms with van der Waals surface area (Å²) in [5, 5.41) is 17.3. The van der Waals surface area contributed by atoms with E-state index >= 15 is 0 Å². The average Bonchev–Trinajstić information content (AvgIpc) is 2.42. The molecule has 0 amide bonds. The number of halogens is 1. The summed E-state index contributed by atoms with van der Waals surface area (Å²) in [6.07, 6.45) is 0. The molecule has 2 rings (SSSR count). The highest BCUT2D eigenvalue weighted by Gasteiger charge is 2.05. The molecule has 0 saturated heterocycles. The van der Waals surface area contributed by atoms with Gasteiger partial charge < -0.3 is 9.62 Å². The van der Waals surface area contributed by atoms with Crippen LogP contribution in [-0.2, 0) is 0 Å². The lowest BCUT2D eigenvalue weighted by atomic mass is 10.2. The quantitative estimate of drug-likeness (QED) is 0.688. The minimum absolute atomic E-state index is 0.279. The van der Waals surface area contributed by atoms with Crippen molar-refractivity contribution in [1.29, 1.82) is 5.26 Å². The van der Waals surface area contributed by atoms with E-state index in [0.29, 0.717) is 17.1 Å². The zero-order valence-corrected chi connectivity index (χ0v) is 10.7. The molecule has 0 saturated carbocycles. The number of nitrogens with zero attached hydrogens (tertiary/aromatic N) is 1. The van der Waals surface area contributed by atoms with Gasteiger partial charge in [0.15, 0.2) is 5.75 Å². The molecule has 0 aliphatic heterocycles. The Labute approximate surface area is 112 Å². The van der Waals surface area contributed by atoms with Crippen LogP contribution in [0.1, 0.15) is 5.56 Å². The van der Waals surface area contributed by atoms with Crippen LogP contribution in [-0.4, -0.2) is 5.26 Å². The van der Waals surface area contributed by atoms with E-state index in [-0.39, 0.29) is 5.75 Å². The highest BCUT2D eigenvalue weighted by Crippen LogP contribution is 2.32. The van der Waals surface area contributed by atoms with Crippen molar-refractivity contribution in [2.45, 2.75) is 0 Å². The predicted molar refractivity (Wildman–Crippen MR) is 68.6 cm³/mol. The van der Waals surface area contributed by atoms with Crippen LogP contribution in [0.3, 0.4) is 0 Å². The zero-order chi connectivity index (χ0) is 13.0. The van der Waals surface area contributed by atoms with E-state index in [0.717, 1.165) is 4.47 Å². The van der Waals surface area contributed by atoms with Crippen LogP contribution in [0.4, 0.5) is 0 Å². The van der Waals surface area contributed by atoms with Gasteiger partial charge in [-0.1, -0.05) is 0 Å². The molecule has 0 heterocycles. The molecule has 0 fully saturated rings. The van der Waals surface area contributed by atoms with E-state index < -0.39 is 0 Å². The van der Waals surface area contributed by atoms with Crippen molar-refractivity contribution in [3.05, 3.63) is 52.5 Å². The third-order valence-electron chi connectivity index (χ3n) is 2.22. The Morgan fingerprint density at radius 1 is 1.06 bits per heavy atom. The maximum Gasteiger partial charge on any atom is 0.168 e. The fourth-order valence-corrected chi connectivity index (χ4v) is 1.67. The van der Waals surface area contributed by atoms with Crippen LogP contribution in [0.5, 0.6) is 17.2 Å². The van der Waals surface area contributed by atoms with Gasteiger partial charge in [0.2, 0.25) is 0 Å². The van der Waals surface area contributed by atoms with Gasteiger partial charge in [0.1, 0.15) is 11.5 Å². The highest BCUT2D eigenvalue weighted by molar-refractivity contribution is 9.10. The van der Waals surface area contributed by atoms with Crippen molar-refractivity contribution < 1.29 is 14.9 Å². The molecule has 0 aliphatic rings. The first-order chi connectivity index (χ1) is 8.72. The summed E-state index contributed by atoms with van der Waals surface area (Å²) in [5.41, 5.74) is 0.564. The van der Waals surface area contributed by atoms with Crippen LogP contribution < -0.4 is 9.62 Å². The third-order valence-corrected chi connectivity index (χ3v) is 2.87. The Morgan fingerprint density at radius 2 is 1.72 bits per heavy atom. The lowest BCUT2D eigenvalue weighted by Gasteiger charge is -2.08. The summed E-state index contributed by atoms with van der Waals surface area (Å²) in [5.74, 6) is 1.37. The molecule has 0 spiro atoms. The molecule has 0 bridgehead atoms. The summed E-state index contributed by atoms with van der Waals surface area (Å²) in [4.78, 5) is 4.14. The molecular weight excluding hydrogens is 298 g/mol. The fraction of sp³-hybridized carbons (Fsp3) is 0. The minimum Gasteiger partial charge on any atom is -0.456 e. The molecule has 0 atom stereocenters. The second-order valence-electron chi connectivity index (χ2n) is 3.42. The van der Waals surface area contributed by atoms with Crippen LogP contribution >= 0.6 is 15.9 Å². The number of rotatable bonds is 3. The molecule has 90 valence electrons. The van der Waals surface area contributed by atoms with Gasteiger partial charge >= 0.3 is 0 Å². The fourth-order valence-electron chi connectivity index (χ4n) is 1.34. The molecule has 0 unspecified atom stereocenters. The Bertz CT molecular complexity index is 590. The topological polar surface area (TPSA) is 62.5 Å². The first-order valence-electron chi connectivity index (χ1n) is 5.02. The largest absolute Gasteiger partial charge is 0.456 e. The number of nitriles is 1. The van der Waals surface area contributed by atoms with E-state index in [1.54, 1.807) is 42.5 Å². The van der Waals surface area contributed by atoms with Crippen LogP contribution in [0.15, 0.2) is 46.9 Å². The molecule has 0 aromatic heterocycles. The number of benzene rings is 2. The van der Waals surface area contributed by atoms with Gasteiger partial charge in [-0.05, 0) is 52.3 Å². The number of hydrogen-bond donors (Lipinski definition) is 1. The monoisotopic (exact) mass is 305 g/mol. The van der Waals surface area contributed by atoms with Gasteiger partial charge in [0.25, 0.3) is 0 Å². The SMILES string of the molecule is N#Cc1ccc(Oc2cc(OO)ccc2Br)cc1. The molecular formula is C13H8BrNO3. The first kappa shape index (κ1) is 12.4. The van der Waals surface area contributed by atoms with Gasteiger partial charge in [-0.2, -0.15) is 5.26 Å². The van der Waals surface area contributed by atoms with Gasteiger partial charge in [0, 0.05) is 6.07 Å². The van der Waals surface area contributed by atoms with Crippen molar-refractivity contribution in [3.8, 4) is 23.3 Å². The van der Waals surface area contributed by atoms with Gasteiger partial charge in [-0.25, -0.2) is 5.26 Å². The molecule has 4 nitrogen and oxygen atoms in total. The predicted octanol–water partition coefficient (Wildman–Crippen LogP) is 3.96. The maximum absolute atomic E-state index is 8.69. The Hall–Kier alpha value is -2.03. The molecule has 0 radical (unpaired) electrons. The average molecular weight is 306 g/mol. The van der Waals surface area contributed by atoms with Crippen LogP contribution in [0, 0.1) is 11.3 Å². The van der Waals surface area contributed by atoms with Crippen molar-refractivity contribution in [2.24, 2.45) is 0 Å². The first-order valence-corrected chi connectivity index (χ1v) is 5.81. The summed E-state index contributed by atoms with van der Waals surface area (Å²) in [7, 11) is 0. The van der Waals surface area contributed by atoms with Crippen molar-refractivity contribution in [2.75, 3.05) is 0 Å². The Kier molecular flexibility index (Phi) is 3.82. The van der Waals surface area contributed by atoms with E-state index in [4.69, 9.17) is 15.3 Å². The van der Waals surface area contributed by atoms with Crippen molar-refractivity contribution in [3.63, 3.8) is 0 Å². The lowest BCUT2D eigenvalue weighted by molar-refractivity contribution is -0.137. The van der Waals surface area contributed by atoms with Gasteiger partial charge in [0.05, 0.1) is 16.1 Å². The van der Waals surface area contributed by atoms with E-state index in [2.05, 4.69) is 20.8 Å². The zero-order valence-electron chi connectivity index (χ0n) is 9.13. The molecule has 0 aliphatic carbocycles. The molecule has 2 aromatic carbocycles. The minimum atomic E-state index is 0.279. The van der Waals surface area contributed by atoms with E-state index in [1.807, 2.05) is 6.07 Å². The normalized spacial score (nSPS) is 9.61.